The summed E-state index contributed by atoms with van der Waals surface area (Å²) in [6, 6.07) is 7.41. The van der Waals surface area contributed by atoms with Gasteiger partial charge in [-0.3, -0.25) is 10.1 Å². The fourth-order valence-corrected chi connectivity index (χ4v) is 2.53. The van der Waals surface area contributed by atoms with Gasteiger partial charge < -0.3 is 5.11 Å². The van der Waals surface area contributed by atoms with E-state index < -0.39 is 12.0 Å². The van der Waals surface area contributed by atoms with Crippen molar-refractivity contribution < 1.29 is 9.90 Å². The average Bonchev–Trinajstić information content (AvgIpc) is 2.71. The Morgan fingerprint density at radius 1 is 1.53 bits per heavy atom. The van der Waals surface area contributed by atoms with Gasteiger partial charge in [0.05, 0.1) is 10.2 Å². The third-order valence-electron chi connectivity index (χ3n) is 2.54. The molecule has 2 N–H and O–H groups in total. The molecule has 0 aliphatic rings. The molecule has 0 aliphatic carbocycles. The lowest BCUT2D eigenvalue weighted by Crippen LogP contribution is -2.35. The number of fused-ring (bicyclic) bond motifs is 1. The summed E-state index contributed by atoms with van der Waals surface area (Å²) in [6.07, 6.45) is 0.570. The van der Waals surface area contributed by atoms with Gasteiger partial charge in [-0.1, -0.05) is 19.1 Å². The van der Waals surface area contributed by atoms with Crippen LogP contribution in [0.1, 0.15) is 18.4 Å². The second kappa shape index (κ2) is 5.25. The zero-order chi connectivity index (χ0) is 12.3. The first kappa shape index (κ1) is 12.0. The molecule has 0 bridgehead atoms. The maximum absolute atomic E-state index is 10.8. The van der Waals surface area contributed by atoms with E-state index in [2.05, 4.69) is 10.3 Å². The molecule has 1 aromatic carbocycles. The van der Waals surface area contributed by atoms with Gasteiger partial charge in [0, 0.05) is 6.54 Å². The molecule has 1 aromatic heterocycles. The van der Waals surface area contributed by atoms with Crippen molar-refractivity contribution in [3.63, 3.8) is 0 Å². The third kappa shape index (κ3) is 2.81. The van der Waals surface area contributed by atoms with Crippen molar-refractivity contribution in [2.24, 2.45) is 0 Å². The van der Waals surface area contributed by atoms with E-state index in [1.54, 1.807) is 11.3 Å². The van der Waals surface area contributed by atoms with Crippen LogP contribution in [-0.2, 0) is 11.3 Å². The molecule has 2 rings (SSSR count). The zero-order valence-electron chi connectivity index (χ0n) is 9.51. The number of aromatic nitrogens is 1. The number of aliphatic carboxylic acids is 1. The van der Waals surface area contributed by atoms with Crippen molar-refractivity contribution in [2.45, 2.75) is 25.9 Å². The van der Waals surface area contributed by atoms with E-state index in [1.807, 2.05) is 31.2 Å². The Morgan fingerprint density at radius 3 is 2.94 bits per heavy atom. The van der Waals surface area contributed by atoms with Gasteiger partial charge in [-0.15, -0.1) is 11.3 Å². The fourth-order valence-electron chi connectivity index (χ4n) is 1.61. The van der Waals surface area contributed by atoms with Crippen molar-refractivity contribution >= 4 is 27.5 Å². The van der Waals surface area contributed by atoms with Crippen LogP contribution in [0.3, 0.4) is 0 Å². The van der Waals surface area contributed by atoms with Crippen LogP contribution in [0.15, 0.2) is 24.3 Å². The van der Waals surface area contributed by atoms with Gasteiger partial charge in [0.2, 0.25) is 0 Å². The summed E-state index contributed by atoms with van der Waals surface area (Å²) in [5.41, 5.74) is 0.970. The van der Waals surface area contributed by atoms with E-state index in [0.717, 1.165) is 15.2 Å². The fraction of sp³-hybridized carbons (Fsp3) is 0.333. The highest BCUT2D eigenvalue weighted by atomic mass is 32.1. The molecule has 4 nitrogen and oxygen atoms in total. The summed E-state index contributed by atoms with van der Waals surface area (Å²) < 4.78 is 1.13. The summed E-state index contributed by atoms with van der Waals surface area (Å²) in [5, 5.41) is 12.8. The Kier molecular flexibility index (Phi) is 3.71. The van der Waals surface area contributed by atoms with Gasteiger partial charge >= 0.3 is 5.97 Å². The molecule has 0 saturated heterocycles. The Balaban J connectivity index is 2.06. The highest BCUT2D eigenvalue weighted by molar-refractivity contribution is 7.18. The molecular formula is C12H14N2O2S. The van der Waals surface area contributed by atoms with Gasteiger partial charge in [0.15, 0.2) is 0 Å². The third-order valence-corrected chi connectivity index (χ3v) is 3.58. The van der Waals surface area contributed by atoms with Gasteiger partial charge in [-0.2, -0.15) is 0 Å². The lowest BCUT2D eigenvalue weighted by molar-refractivity contribution is -0.139. The van der Waals surface area contributed by atoms with E-state index in [0.29, 0.717) is 13.0 Å². The molecule has 1 heterocycles. The topological polar surface area (TPSA) is 62.2 Å². The summed E-state index contributed by atoms with van der Waals surface area (Å²) in [7, 11) is 0. The van der Waals surface area contributed by atoms with Gasteiger partial charge in [-0.05, 0) is 18.6 Å². The predicted octanol–water partition coefficient (Wildman–Crippen LogP) is 2.25. The highest BCUT2D eigenvalue weighted by Crippen LogP contribution is 2.21. The molecule has 0 spiro atoms. The molecule has 0 fully saturated rings. The van der Waals surface area contributed by atoms with Crippen LogP contribution < -0.4 is 5.32 Å². The zero-order valence-corrected chi connectivity index (χ0v) is 10.3. The van der Waals surface area contributed by atoms with Crippen LogP contribution in [-0.4, -0.2) is 22.1 Å². The minimum atomic E-state index is -0.811. The van der Waals surface area contributed by atoms with Crippen LogP contribution in [0.2, 0.25) is 0 Å². The first-order chi connectivity index (χ1) is 8.20. The van der Waals surface area contributed by atoms with Crippen LogP contribution >= 0.6 is 11.3 Å². The number of nitrogens with zero attached hydrogens (tertiary/aromatic N) is 1. The second-order valence-electron chi connectivity index (χ2n) is 3.76. The summed E-state index contributed by atoms with van der Waals surface area (Å²) in [5.74, 6) is -0.811. The second-order valence-corrected chi connectivity index (χ2v) is 4.87. The molecule has 0 radical (unpaired) electrons. The number of benzene rings is 1. The summed E-state index contributed by atoms with van der Waals surface area (Å²) >= 11 is 1.59. The van der Waals surface area contributed by atoms with Crippen molar-refractivity contribution in [2.75, 3.05) is 0 Å². The van der Waals surface area contributed by atoms with Crippen LogP contribution in [0.4, 0.5) is 0 Å². The van der Waals surface area contributed by atoms with E-state index in [4.69, 9.17) is 5.11 Å². The number of carbonyl (C=O) groups is 1. The van der Waals surface area contributed by atoms with E-state index >= 15 is 0 Å². The molecule has 0 aliphatic heterocycles. The van der Waals surface area contributed by atoms with Crippen molar-refractivity contribution in [1.82, 2.24) is 10.3 Å². The lowest BCUT2D eigenvalue weighted by Gasteiger charge is -2.09. The average molecular weight is 250 g/mol. The lowest BCUT2D eigenvalue weighted by atomic mass is 10.2. The predicted molar refractivity (Wildman–Crippen MR) is 68.2 cm³/mol. The highest BCUT2D eigenvalue weighted by Gasteiger charge is 2.14. The smallest absolute Gasteiger partial charge is 0.320 e. The summed E-state index contributed by atoms with van der Waals surface area (Å²) in [6.45, 7) is 2.36. The Morgan fingerprint density at radius 2 is 2.29 bits per heavy atom. The first-order valence-electron chi connectivity index (χ1n) is 5.51. The molecule has 90 valence electrons. The summed E-state index contributed by atoms with van der Waals surface area (Å²) in [4.78, 5) is 15.3. The van der Waals surface area contributed by atoms with Gasteiger partial charge in [0.1, 0.15) is 11.0 Å². The molecule has 1 atom stereocenters. The van der Waals surface area contributed by atoms with E-state index in [1.165, 1.54) is 0 Å². The number of thiazole rings is 1. The molecule has 5 heteroatoms. The number of para-hydroxylation sites is 1. The van der Waals surface area contributed by atoms with Crippen LogP contribution in [0.25, 0.3) is 10.2 Å². The Bertz CT molecular complexity index is 491. The Hall–Kier alpha value is -1.46. The standard InChI is InChI=1S/C12H14N2O2S/c1-2-8(12(15)16)13-7-11-14-9-5-3-4-6-10(9)17-11/h3-6,8,13H,2,7H2,1H3,(H,15,16). The maximum atomic E-state index is 10.8. The largest absolute Gasteiger partial charge is 0.480 e. The maximum Gasteiger partial charge on any atom is 0.320 e. The van der Waals surface area contributed by atoms with Gasteiger partial charge in [-0.25, -0.2) is 4.98 Å². The van der Waals surface area contributed by atoms with Crippen molar-refractivity contribution in [1.29, 1.82) is 0 Å². The van der Waals surface area contributed by atoms with Gasteiger partial charge in [0.25, 0.3) is 0 Å². The minimum absolute atomic E-state index is 0.498. The monoisotopic (exact) mass is 250 g/mol. The van der Waals surface area contributed by atoms with E-state index in [-0.39, 0.29) is 0 Å². The molecule has 1 unspecified atom stereocenters. The van der Waals surface area contributed by atoms with Crippen LogP contribution in [0.5, 0.6) is 0 Å². The molecule has 0 amide bonds. The van der Waals surface area contributed by atoms with Crippen molar-refractivity contribution in [3.8, 4) is 0 Å². The molecule has 2 aromatic rings. The number of carboxylic acids is 1. The van der Waals surface area contributed by atoms with E-state index in [9.17, 15) is 4.79 Å². The minimum Gasteiger partial charge on any atom is -0.480 e. The number of hydrogen-bond donors (Lipinski definition) is 2. The van der Waals surface area contributed by atoms with Crippen LogP contribution in [0, 0.1) is 0 Å². The Labute approximate surface area is 103 Å². The SMILES string of the molecule is CCC(NCc1nc2ccccc2s1)C(=O)O. The first-order valence-corrected chi connectivity index (χ1v) is 6.33. The number of nitrogens with one attached hydrogen (secondary N) is 1. The number of rotatable bonds is 5. The number of carboxylic acid groups (broad SMARTS) is 1. The molecule has 17 heavy (non-hydrogen) atoms. The van der Waals surface area contributed by atoms with Crippen molar-refractivity contribution in [3.05, 3.63) is 29.3 Å². The molecular weight excluding hydrogens is 236 g/mol. The normalized spacial score (nSPS) is 12.8. The molecule has 0 saturated carbocycles. The number of hydrogen-bond acceptors (Lipinski definition) is 4. The quantitative estimate of drug-likeness (QED) is 0.854.